The van der Waals surface area contributed by atoms with Crippen LogP contribution < -0.4 is 4.74 Å². The lowest BCUT2D eigenvalue weighted by Gasteiger charge is -2.22. The number of nitrogens with zero attached hydrogens (tertiary/aromatic N) is 1. The Balaban J connectivity index is 1.82. The van der Waals surface area contributed by atoms with E-state index in [9.17, 15) is 0 Å². The summed E-state index contributed by atoms with van der Waals surface area (Å²) in [5.41, 5.74) is 2.60. The van der Waals surface area contributed by atoms with Crippen molar-refractivity contribution in [2.24, 2.45) is 0 Å². The van der Waals surface area contributed by atoms with E-state index in [1.807, 2.05) is 12.1 Å². The van der Waals surface area contributed by atoms with Crippen LogP contribution in [0.1, 0.15) is 24.5 Å². The third kappa shape index (κ3) is 5.60. The molecule has 0 amide bonds. The van der Waals surface area contributed by atoms with E-state index in [0.717, 1.165) is 38.4 Å². The summed E-state index contributed by atoms with van der Waals surface area (Å²) >= 11 is 0. The number of aryl methyl sites for hydroxylation is 1. The van der Waals surface area contributed by atoms with E-state index in [2.05, 4.69) is 61.2 Å². The molecule has 2 nitrogen and oxygen atoms in total. The van der Waals surface area contributed by atoms with Crippen LogP contribution in [0, 0.1) is 6.92 Å². The van der Waals surface area contributed by atoms with E-state index in [0.29, 0.717) is 0 Å². The topological polar surface area (TPSA) is 12.5 Å². The number of benzene rings is 2. The molecule has 0 N–H and O–H groups in total. The average molecular weight is 283 g/mol. The Hall–Kier alpha value is -1.80. The highest BCUT2D eigenvalue weighted by atomic mass is 16.5. The summed E-state index contributed by atoms with van der Waals surface area (Å²) in [5, 5.41) is 0. The quantitative estimate of drug-likeness (QED) is 0.716. The molecule has 0 spiro atoms. The molecular formula is C19H25NO. The van der Waals surface area contributed by atoms with Crippen LogP contribution in [-0.4, -0.2) is 24.6 Å². The van der Waals surface area contributed by atoms with Crippen LogP contribution >= 0.6 is 0 Å². The normalized spacial score (nSPS) is 10.8. The third-order valence-electron chi connectivity index (χ3n) is 3.45. The van der Waals surface area contributed by atoms with Gasteiger partial charge in [-0.1, -0.05) is 49.4 Å². The molecule has 2 aromatic carbocycles. The first-order valence-corrected chi connectivity index (χ1v) is 7.73. The summed E-state index contributed by atoms with van der Waals surface area (Å²) in [7, 11) is 0. The zero-order chi connectivity index (χ0) is 14.9. The van der Waals surface area contributed by atoms with Crippen LogP contribution in [0.4, 0.5) is 0 Å². The van der Waals surface area contributed by atoms with Crippen LogP contribution in [0.3, 0.4) is 0 Å². The smallest absolute Gasteiger partial charge is 0.119 e. The second kappa shape index (κ2) is 8.48. The maximum absolute atomic E-state index is 5.86. The summed E-state index contributed by atoms with van der Waals surface area (Å²) in [6.45, 7) is 8.09. The zero-order valence-corrected chi connectivity index (χ0v) is 13.1. The Morgan fingerprint density at radius 2 is 1.76 bits per heavy atom. The Kier molecular flexibility index (Phi) is 6.29. The second-order valence-corrected chi connectivity index (χ2v) is 5.43. The largest absolute Gasteiger partial charge is 0.492 e. The molecule has 0 saturated heterocycles. The molecule has 0 aliphatic heterocycles. The lowest BCUT2D eigenvalue weighted by atomic mass is 10.2. The molecule has 2 heteroatoms. The van der Waals surface area contributed by atoms with Crippen molar-refractivity contribution >= 4 is 0 Å². The molecule has 0 heterocycles. The van der Waals surface area contributed by atoms with Gasteiger partial charge in [-0.3, -0.25) is 4.90 Å². The van der Waals surface area contributed by atoms with Gasteiger partial charge >= 0.3 is 0 Å². The van der Waals surface area contributed by atoms with Crippen LogP contribution in [0.2, 0.25) is 0 Å². The molecular weight excluding hydrogens is 258 g/mol. The summed E-state index contributed by atoms with van der Waals surface area (Å²) in [6.07, 6.45) is 1.16. The van der Waals surface area contributed by atoms with Crippen molar-refractivity contribution in [1.82, 2.24) is 4.90 Å². The van der Waals surface area contributed by atoms with Crippen molar-refractivity contribution in [2.75, 3.05) is 19.7 Å². The Morgan fingerprint density at radius 1 is 0.952 bits per heavy atom. The molecule has 0 bridgehead atoms. The van der Waals surface area contributed by atoms with E-state index in [-0.39, 0.29) is 0 Å². The molecule has 0 aromatic heterocycles. The van der Waals surface area contributed by atoms with Gasteiger partial charge in [0.1, 0.15) is 12.4 Å². The molecule has 112 valence electrons. The van der Waals surface area contributed by atoms with E-state index in [4.69, 9.17) is 4.74 Å². The second-order valence-electron chi connectivity index (χ2n) is 5.43. The average Bonchev–Trinajstić information content (AvgIpc) is 2.48. The van der Waals surface area contributed by atoms with Crippen LogP contribution in [0.15, 0.2) is 54.6 Å². The monoisotopic (exact) mass is 283 g/mol. The van der Waals surface area contributed by atoms with Crippen molar-refractivity contribution in [3.05, 3.63) is 65.7 Å². The highest BCUT2D eigenvalue weighted by Crippen LogP contribution is 2.12. The molecule has 2 rings (SSSR count). The lowest BCUT2D eigenvalue weighted by Crippen LogP contribution is -2.28. The summed E-state index contributed by atoms with van der Waals surface area (Å²) in [4.78, 5) is 2.45. The number of ether oxygens (including phenoxy) is 1. The Bertz CT molecular complexity index is 524. The van der Waals surface area contributed by atoms with Gasteiger partial charge in [0.05, 0.1) is 0 Å². The fourth-order valence-electron chi connectivity index (χ4n) is 2.43. The molecule has 0 unspecified atom stereocenters. The number of hydrogen-bond acceptors (Lipinski definition) is 2. The van der Waals surface area contributed by atoms with Gasteiger partial charge in [-0.25, -0.2) is 0 Å². The van der Waals surface area contributed by atoms with E-state index < -0.39 is 0 Å². The van der Waals surface area contributed by atoms with Gasteiger partial charge in [0.15, 0.2) is 0 Å². The van der Waals surface area contributed by atoms with Crippen LogP contribution in [0.25, 0.3) is 0 Å². The van der Waals surface area contributed by atoms with E-state index in [1.165, 1.54) is 11.1 Å². The highest BCUT2D eigenvalue weighted by molar-refractivity contribution is 5.27. The van der Waals surface area contributed by atoms with Gasteiger partial charge < -0.3 is 4.74 Å². The van der Waals surface area contributed by atoms with Gasteiger partial charge in [-0.05, 0) is 43.1 Å². The molecule has 2 aromatic rings. The molecule has 21 heavy (non-hydrogen) atoms. The highest BCUT2D eigenvalue weighted by Gasteiger charge is 2.05. The number of hydrogen-bond donors (Lipinski definition) is 0. The van der Waals surface area contributed by atoms with E-state index in [1.54, 1.807) is 0 Å². The maximum Gasteiger partial charge on any atom is 0.119 e. The molecule has 0 aliphatic carbocycles. The van der Waals surface area contributed by atoms with Crippen molar-refractivity contribution in [1.29, 1.82) is 0 Å². The Labute approximate surface area is 128 Å². The molecule has 0 atom stereocenters. The molecule has 0 saturated carbocycles. The summed E-state index contributed by atoms with van der Waals surface area (Å²) in [5.74, 6) is 0.964. The predicted molar refractivity (Wildman–Crippen MR) is 88.7 cm³/mol. The summed E-state index contributed by atoms with van der Waals surface area (Å²) in [6, 6.07) is 18.9. The minimum Gasteiger partial charge on any atom is -0.492 e. The van der Waals surface area contributed by atoms with Gasteiger partial charge in [0.25, 0.3) is 0 Å². The maximum atomic E-state index is 5.86. The number of rotatable bonds is 8. The van der Waals surface area contributed by atoms with Crippen molar-refractivity contribution in [3.63, 3.8) is 0 Å². The first-order valence-electron chi connectivity index (χ1n) is 7.73. The van der Waals surface area contributed by atoms with Gasteiger partial charge in [-0.2, -0.15) is 0 Å². The minimum absolute atomic E-state index is 0.732. The third-order valence-corrected chi connectivity index (χ3v) is 3.45. The van der Waals surface area contributed by atoms with Gasteiger partial charge in [-0.15, -0.1) is 0 Å². The Morgan fingerprint density at radius 3 is 2.48 bits per heavy atom. The molecule has 0 radical (unpaired) electrons. The SMILES string of the molecule is CCCN(CCOc1cccc(C)c1)Cc1ccccc1. The van der Waals surface area contributed by atoms with Crippen molar-refractivity contribution in [3.8, 4) is 5.75 Å². The van der Waals surface area contributed by atoms with Crippen LogP contribution in [0.5, 0.6) is 5.75 Å². The lowest BCUT2D eigenvalue weighted by molar-refractivity contribution is 0.203. The standard InChI is InChI=1S/C19H25NO/c1-3-12-20(16-18-9-5-4-6-10-18)13-14-21-19-11-7-8-17(2)15-19/h4-11,15H,3,12-14,16H2,1-2H3. The first-order chi connectivity index (χ1) is 10.3. The van der Waals surface area contributed by atoms with Crippen molar-refractivity contribution in [2.45, 2.75) is 26.8 Å². The van der Waals surface area contributed by atoms with Crippen LogP contribution in [-0.2, 0) is 6.54 Å². The van der Waals surface area contributed by atoms with Gasteiger partial charge in [0.2, 0.25) is 0 Å². The fraction of sp³-hybridized carbons (Fsp3) is 0.368. The van der Waals surface area contributed by atoms with Gasteiger partial charge in [0, 0.05) is 13.1 Å². The first kappa shape index (κ1) is 15.6. The minimum atomic E-state index is 0.732. The van der Waals surface area contributed by atoms with Crippen molar-refractivity contribution < 1.29 is 4.74 Å². The predicted octanol–water partition coefficient (Wildman–Crippen LogP) is 4.29. The fourth-order valence-corrected chi connectivity index (χ4v) is 2.43. The molecule has 0 fully saturated rings. The molecule has 0 aliphatic rings. The summed E-state index contributed by atoms with van der Waals surface area (Å²) < 4.78 is 5.86. The zero-order valence-electron chi connectivity index (χ0n) is 13.1. The van der Waals surface area contributed by atoms with E-state index >= 15 is 0 Å².